The number of hydrogen-bond donors (Lipinski definition) is 1. The van der Waals surface area contributed by atoms with Gasteiger partial charge in [-0.25, -0.2) is 4.98 Å². The van der Waals surface area contributed by atoms with E-state index in [4.69, 9.17) is 34.8 Å². The van der Waals surface area contributed by atoms with Crippen LogP contribution in [0.1, 0.15) is 25.6 Å². The third-order valence-electron chi connectivity index (χ3n) is 2.67. The largest absolute Gasteiger partial charge is 0.324 e. The number of rotatable bonds is 3. The quantitative estimate of drug-likeness (QED) is 0.760. The Morgan fingerprint density at radius 2 is 1.74 bits per heavy atom. The first-order chi connectivity index (χ1) is 8.88. The molecule has 6 heteroatoms. The van der Waals surface area contributed by atoms with Crippen molar-refractivity contribution in [2.24, 2.45) is 0 Å². The summed E-state index contributed by atoms with van der Waals surface area (Å²) in [6.45, 7) is 6.12. The lowest BCUT2D eigenvalue weighted by atomic mass is 10.3. The molecule has 19 heavy (non-hydrogen) atoms. The van der Waals surface area contributed by atoms with Crippen molar-refractivity contribution < 1.29 is 0 Å². The van der Waals surface area contributed by atoms with Gasteiger partial charge in [0.2, 0.25) is 5.95 Å². The molecule has 3 nitrogen and oxygen atoms in total. The molecule has 0 bridgehead atoms. The van der Waals surface area contributed by atoms with Gasteiger partial charge in [-0.3, -0.25) is 0 Å². The number of aryl methyl sites for hydroxylation is 1. The number of imidazole rings is 1. The molecule has 0 saturated heterocycles. The highest BCUT2D eigenvalue weighted by molar-refractivity contribution is 6.44. The zero-order valence-corrected chi connectivity index (χ0v) is 13.1. The summed E-state index contributed by atoms with van der Waals surface area (Å²) in [6.07, 6.45) is 1.98. The Bertz CT molecular complexity index is 605. The molecule has 0 amide bonds. The van der Waals surface area contributed by atoms with Crippen LogP contribution < -0.4 is 5.32 Å². The molecule has 1 heterocycles. The zero-order valence-electron chi connectivity index (χ0n) is 10.8. The van der Waals surface area contributed by atoms with E-state index < -0.39 is 0 Å². The highest BCUT2D eigenvalue weighted by atomic mass is 35.5. The molecular formula is C13H14Cl3N3. The van der Waals surface area contributed by atoms with E-state index in [0.29, 0.717) is 26.8 Å². The molecule has 0 fully saturated rings. The summed E-state index contributed by atoms with van der Waals surface area (Å²) in [4.78, 5) is 4.44. The zero-order chi connectivity index (χ0) is 14.2. The average Bonchev–Trinajstić information content (AvgIpc) is 2.67. The smallest absolute Gasteiger partial charge is 0.207 e. The number of halogens is 3. The molecule has 0 unspecified atom stereocenters. The molecule has 0 spiro atoms. The Morgan fingerprint density at radius 3 is 2.37 bits per heavy atom. The predicted molar refractivity (Wildman–Crippen MR) is 82.1 cm³/mol. The van der Waals surface area contributed by atoms with E-state index in [2.05, 4.69) is 24.1 Å². The second-order valence-corrected chi connectivity index (χ2v) is 5.80. The van der Waals surface area contributed by atoms with E-state index in [-0.39, 0.29) is 0 Å². The SMILES string of the molecule is Cc1cn(C(C)C)c(Nc2cc(Cl)c(Cl)cc2Cl)n1. The molecule has 1 aromatic heterocycles. The number of anilines is 2. The van der Waals surface area contributed by atoms with E-state index in [1.807, 2.05) is 17.7 Å². The highest BCUT2D eigenvalue weighted by Gasteiger charge is 2.12. The fourth-order valence-corrected chi connectivity index (χ4v) is 2.34. The summed E-state index contributed by atoms with van der Waals surface area (Å²) in [5, 5.41) is 4.58. The lowest BCUT2D eigenvalue weighted by molar-refractivity contribution is 0.607. The fourth-order valence-electron chi connectivity index (χ4n) is 1.74. The summed E-state index contributed by atoms with van der Waals surface area (Å²) in [7, 11) is 0. The molecule has 102 valence electrons. The second kappa shape index (κ2) is 5.61. The lowest BCUT2D eigenvalue weighted by Crippen LogP contribution is -2.05. The first-order valence-electron chi connectivity index (χ1n) is 5.85. The topological polar surface area (TPSA) is 29.9 Å². The van der Waals surface area contributed by atoms with Crippen LogP contribution in [0.15, 0.2) is 18.3 Å². The van der Waals surface area contributed by atoms with Crippen LogP contribution in [-0.4, -0.2) is 9.55 Å². The molecule has 1 N–H and O–H groups in total. The monoisotopic (exact) mass is 317 g/mol. The van der Waals surface area contributed by atoms with Crippen LogP contribution in [0, 0.1) is 6.92 Å². The van der Waals surface area contributed by atoms with Crippen molar-refractivity contribution in [3.05, 3.63) is 39.1 Å². The van der Waals surface area contributed by atoms with Crippen LogP contribution in [0.4, 0.5) is 11.6 Å². The van der Waals surface area contributed by atoms with Crippen molar-refractivity contribution in [1.29, 1.82) is 0 Å². The number of nitrogens with one attached hydrogen (secondary N) is 1. The number of hydrogen-bond acceptors (Lipinski definition) is 2. The minimum absolute atomic E-state index is 0.297. The molecular weight excluding hydrogens is 305 g/mol. The molecule has 1 aromatic carbocycles. The third-order valence-corrected chi connectivity index (χ3v) is 3.70. The first-order valence-corrected chi connectivity index (χ1v) is 6.99. The van der Waals surface area contributed by atoms with Crippen LogP contribution in [0.2, 0.25) is 15.1 Å². The molecule has 0 radical (unpaired) electrons. The maximum Gasteiger partial charge on any atom is 0.207 e. The van der Waals surface area contributed by atoms with Crippen LogP contribution >= 0.6 is 34.8 Å². The van der Waals surface area contributed by atoms with Crippen LogP contribution in [0.5, 0.6) is 0 Å². The Balaban J connectivity index is 2.39. The molecule has 0 aliphatic rings. The summed E-state index contributed by atoms with van der Waals surface area (Å²) in [5.74, 6) is 0.729. The summed E-state index contributed by atoms with van der Waals surface area (Å²) < 4.78 is 2.04. The van der Waals surface area contributed by atoms with E-state index >= 15 is 0 Å². The highest BCUT2D eigenvalue weighted by Crippen LogP contribution is 2.34. The Labute approximate surface area is 127 Å². The number of nitrogens with zero attached hydrogens (tertiary/aromatic N) is 2. The fraction of sp³-hybridized carbons (Fsp3) is 0.308. The summed E-state index contributed by atoms with van der Waals surface area (Å²) in [5.41, 5.74) is 1.62. The van der Waals surface area contributed by atoms with Gasteiger partial charge in [-0.15, -0.1) is 0 Å². The Hall–Kier alpha value is -0.900. The van der Waals surface area contributed by atoms with Gasteiger partial charge in [0.1, 0.15) is 0 Å². The molecule has 2 rings (SSSR count). The van der Waals surface area contributed by atoms with E-state index in [9.17, 15) is 0 Å². The van der Waals surface area contributed by atoms with Crippen LogP contribution in [-0.2, 0) is 0 Å². The molecule has 0 atom stereocenters. The minimum atomic E-state index is 0.297. The van der Waals surface area contributed by atoms with Crippen molar-refractivity contribution in [3.63, 3.8) is 0 Å². The van der Waals surface area contributed by atoms with E-state index in [0.717, 1.165) is 11.6 Å². The predicted octanol–water partition coefficient (Wildman–Crippen LogP) is 5.48. The van der Waals surface area contributed by atoms with Crippen LogP contribution in [0.3, 0.4) is 0 Å². The van der Waals surface area contributed by atoms with Gasteiger partial charge in [0.15, 0.2) is 0 Å². The maximum atomic E-state index is 6.15. The van der Waals surface area contributed by atoms with Crippen molar-refractivity contribution in [2.75, 3.05) is 5.32 Å². The molecule has 2 aromatic rings. The second-order valence-electron chi connectivity index (χ2n) is 4.58. The van der Waals surface area contributed by atoms with Crippen molar-refractivity contribution in [3.8, 4) is 0 Å². The van der Waals surface area contributed by atoms with E-state index in [1.165, 1.54) is 0 Å². The number of aromatic nitrogens is 2. The summed E-state index contributed by atoms with van der Waals surface area (Å²) >= 11 is 18.1. The third kappa shape index (κ3) is 3.16. The minimum Gasteiger partial charge on any atom is -0.324 e. The lowest BCUT2D eigenvalue weighted by Gasteiger charge is -2.14. The number of benzene rings is 1. The average molecular weight is 319 g/mol. The van der Waals surface area contributed by atoms with Gasteiger partial charge in [-0.05, 0) is 32.9 Å². The normalized spacial score (nSPS) is 11.1. The van der Waals surface area contributed by atoms with E-state index in [1.54, 1.807) is 12.1 Å². The van der Waals surface area contributed by atoms with Gasteiger partial charge in [-0.1, -0.05) is 34.8 Å². The van der Waals surface area contributed by atoms with Gasteiger partial charge in [0.05, 0.1) is 26.4 Å². The summed E-state index contributed by atoms with van der Waals surface area (Å²) in [6, 6.07) is 3.61. The molecule has 0 aliphatic heterocycles. The van der Waals surface area contributed by atoms with Crippen molar-refractivity contribution in [2.45, 2.75) is 26.8 Å². The van der Waals surface area contributed by atoms with Gasteiger partial charge in [0.25, 0.3) is 0 Å². The van der Waals surface area contributed by atoms with Gasteiger partial charge < -0.3 is 9.88 Å². The van der Waals surface area contributed by atoms with Crippen molar-refractivity contribution in [1.82, 2.24) is 9.55 Å². The standard InChI is InChI=1S/C13H14Cl3N3/c1-7(2)19-6-8(3)17-13(19)18-12-5-10(15)9(14)4-11(12)16/h4-7H,1-3H3,(H,17,18). The Morgan fingerprint density at radius 1 is 1.11 bits per heavy atom. The van der Waals surface area contributed by atoms with Crippen LogP contribution in [0.25, 0.3) is 0 Å². The molecule has 0 saturated carbocycles. The molecule has 0 aliphatic carbocycles. The van der Waals surface area contributed by atoms with Gasteiger partial charge >= 0.3 is 0 Å². The first kappa shape index (κ1) is 14.5. The Kier molecular flexibility index (Phi) is 4.29. The van der Waals surface area contributed by atoms with Gasteiger partial charge in [-0.2, -0.15) is 0 Å². The van der Waals surface area contributed by atoms with Gasteiger partial charge in [0, 0.05) is 12.2 Å². The maximum absolute atomic E-state index is 6.15. The van der Waals surface area contributed by atoms with Crippen molar-refractivity contribution >= 4 is 46.4 Å².